The number of benzene rings is 3. The molecule has 9 heteroatoms. The van der Waals surface area contributed by atoms with Crippen molar-refractivity contribution in [2.45, 2.75) is 71.5 Å². The third-order valence-electron chi connectivity index (χ3n) is 6.99. The van der Waals surface area contributed by atoms with Gasteiger partial charge in [-0.05, 0) is 76.4 Å². The Bertz CT molecular complexity index is 1460. The molecule has 214 valence electrons. The van der Waals surface area contributed by atoms with Crippen LogP contribution < -0.4 is 9.62 Å². The van der Waals surface area contributed by atoms with E-state index in [1.165, 1.54) is 23.1 Å². The number of anilines is 1. The molecule has 7 nitrogen and oxygen atoms in total. The Labute approximate surface area is 237 Å². The summed E-state index contributed by atoms with van der Waals surface area (Å²) >= 11 is 0. The summed E-state index contributed by atoms with van der Waals surface area (Å²) in [7, 11) is -4.18. The summed E-state index contributed by atoms with van der Waals surface area (Å²) in [4.78, 5) is 28.4. The van der Waals surface area contributed by atoms with E-state index in [1.807, 2.05) is 33.8 Å². The van der Waals surface area contributed by atoms with Crippen LogP contribution in [0.25, 0.3) is 0 Å². The molecule has 0 aliphatic heterocycles. The highest BCUT2D eigenvalue weighted by Crippen LogP contribution is 2.29. The van der Waals surface area contributed by atoms with Crippen LogP contribution >= 0.6 is 0 Å². The minimum absolute atomic E-state index is 0.0371. The average molecular weight is 568 g/mol. The number of amides is 2. The van der Waals surface area contributed by atoms with E-state index in [0.29, 0.717) is 17.7 Å². The highest BCUT2D eigenvalue weighted by Gasteiger charge is 2.33. The van der Waals surface area contributed by atoms with Crippen LogP contribution in [0.4, 0.5) is 10.1 Å². The van der Waals surface area contributed by atoms with Crippen LogP contribution in [0.3, 0.4) is 0 Å². The Balaban J connectivity index is 2.08. The molecule has 0 aliphatic rings. The fraction of sp³-hybridized carbons (Fsp3) is 0.355. The largest absolute Gasteiger partial charge is 0.352 e. The molecule has 40 heavy (non-hydrogen) atoms. The van der Waals surface area contributed by atoms with Crippen LogP contribution in [0.1, 0.15) is 49.4 Å². The summed E-state index contributed by atoms with van der Waals surface area (Å²) in [6.45, 7) is 10.0. The van der Waals surface area contributed by atoms with Gasteiger partial charge in [0, 0.05) is 18.2 Å². The van der Waals surface area contributed by atoms with Crippen molar-refractivity contribution in [3.8, 4) is 0 Å². The van der Waals surface area contributed by atoms with Gasteiger partial charge in [-0.15, -0.1) is 0 Å². The minimum Gasteiger partial charge on any atom is -0.352 e. The lowest BCUT2D eigenvalue weighted by molar-refractivity contribution is -0.139. The lowest BCUT2D eigenvalue weighted by Gasteiger charge is -2.33. The number of rotatable bonds is 11. The first kappa shape index (κ1) is 30.8. The van der Waals surface area contributed by atoms with Crippen LogP contribution in [0.2, 0.25) is 0 Å². The summed E-state index contributed by atoms with van der Waals surface area (Å²) in [6.07, 6.45) is 0.689. The molecule has 3 aromatic carbocycles. The second kappa shape index (κ2) is 13.1. The van der Waals surface area contributed by atoms with E-state index in [4.69, 9.17) is 0 Å². The van der Waals surface area contributed by atoms with Crippen LogP contribution in [0.5, 0.6) is 0 Å². The molecule has 0 heterocycles. The monoisotopic (exact) mass is 567 g/mol. The second-order valence-corrected chi connectivity index (χ2v) is 12.1. The summed E-state index contributed by atoms with van der Waals surface area (Å²) < 4.78 is 43.7. The van der Waals surface area contributed by atoms with Gasteiger partial charge in [0.05, 0.1) is 10.6 Å². The van der Waals surface area contributed by atoms with E-state index in [1.54, 1.807) is 56.3 Å². The molecule has 0 spiro atoms. The van der Waals surface area contributed by atoms with Crippen LogP contribution in [0, 0.1) is 26.6 Å². The molecule has 0 radical (unpaired) electrons. The molecule has 2 amide bonds. The highest BCUT2D eigenvalue weighted by molar-refractivity contribution is 7.92. The average Bonchev–Trinajstić information content (AvgIpc) is 2.92. The number of aryl methyl sites for hydroxylation is 3. The second-order valence-electron chi connectivity index (χ2n) is 10.2. The molecule has 0 saturated heterocycles. The van der Waals surface area contributed by atoms with E-state index in [-0.39, 0.29) is 23.0 Å². The number of carbonyl (C=O) groups excluding carboxylic acids is 2. The maximum Gasteiger partial charge on any atom is 0.264 e. The highest BCUT2D eigenvalue weighted by atomic mass is 32.2. The van der Waals surface area contributed by atoms with Gasteiger partial charge < -0.3 is 10.2 Å². The van der Waals surface area contributed by atoms with Gasteiger partial charge in [-0.3, -0.25) is 13.9 Å². The Morgan fingerprint density at radius 1 is 0.925 bits per heavy atom. The normalized spacial score (nSPS) is 12.9. The quantitative estimate of drug-likeness (QED) is 0.342. The third kappa shape index (κ3) is 7.27. The van der Waals surface area contributed by atoms with Crippen LogP contribution in [-0.4, -0.2) is 43.8 Å². The first-order valence-electron chi connectivity index (χ1n) is 13.3. The first-order valence-corrected chi connectivity index (χ1v) is 14.8. The molecule has 0 aromatic heterocycles. The zero-order valence-electron chi connectivity index (χ0n) is 23.9. The van der Waals surface area contributed by atoms with E-state index in [2.05, 4.69) is 5.32 Å². The Hall–Kier alpha value is -3.72. The maximum absolute atomic E-state index is 14.7. The van der Waals surface area contributed by atoms with Crippen molar-refractivity contribution in [2.75, 3.05) is 10.8 Å². The molecule has 3 aromatic rings. The number of sulfonamides is 1. The van der Waals surface area contributed by atoms with Crippen LogP contribution in [-0.2, 0) is 26.2 Å². The predicted molar refractivity (Wildman–Crippen MR) is 156 cm³/mol. The number of nitrogens with zero attached hydrogens (tertiary/aromatic N) is 2. The maximum atomic E-state index is 14.7. The zero-order valence-corrected chi connectivity index (χ0v) is 24.8. The molecule has 2 atom stereocenters. The van der Waals surface area contributed by atoms with Crippen molar-refractivity contribution in [3.63, 3.8) is 0 Å². The molecule has 0 unspecified atom stereocenters. The van der Waals surface area contributed by atoms with E-state index >= 15 is 0 Å². The Kier molecular flexibility index (Phi) is 10.1. The van der Waals surface area contributed by atoms with Crippen molar-refractivity contribution in [1.29, 1.82) is 0 Å². The molecular formula is C31H38FN3O4S. The van der Waals surface area contributed by atoms with Gasteiger partial charge in [0.1, 0.15) is 18.4 Å². The predicted octanol–water partition coefficient (Wildman–Crippen LogP) is 5.28. The van der Waals surface area contributed by atoms with Gasteiger partial charge in [0.25, 0.3) is 10.0 Å². The number of hydrogen-bond acceptors (Lipinski definition) is 4. The summed E-state index contributed by atoms with van der Waals surface area (Å²) in [5.41, 5.74) is 2.96. The summed E-state index contributed by atoms with van der Waals surface area (Å²) in [5.74, 6) is -1.56. The molecular weight excluding hydrogens is 529 g/mol. The van der Waals surface area contributed by atoms with Crippen molar-refractivity contribution in [2.24, 2.45) is 0 Å². The standard InChI is InChI=1S/C31H38FN3O4S/c1-7-24(5)33-31(37)25(6)34(19-26-10-8-9-11-28(26)32)30(36)20-35(29-18-22(3)12-15-23(29)4)40(38,39)27-16-13-21(2)14-17-27/h8-18,24-25H,7,19-20H2,1-6H3,(H,33,37)/t24-,25+/m1/s1. The molecule has 1 N–H and O–H groups in total. The smallest absolute Gasteiger partial charge is 0.264 e. The molecule has 3 rings (SSSR count). The van der Waals surface area contributed by atoms with Crippen molar-refractivity contribution in [3.05, 3.63) is 94.8 Å². The molecule has 0 saturated carbocycles. The minimum atomic E-state index is -4.18. The first-order chi connectivity index (χ1) is 18.8. The van der Waals surface area contributed by atoms with Crippen molar-refractivity contribution >= 4 is 27.5 Å². The van der Waals surface area contributed by atoms with Crippen molar-refractivity contribution < 1.29 is 22.4 Å². The van der Waals surface area contributed by atoms with Gasteiger partial charge in [-0.25, -0.2) is 12.8 Å². The van der Waals surface area contributed by atoms with E-state index in [9.17, 15) is 22.4 Å². The van der Waals surface area contributed by atoms with Gasteiger partial charge in [-0.2, -0.15) is 0 Å². The van der Waals surface area contributed by atoms with Crippen molar-refractivity contribution in [1.82, 2.24) is 10.2 Å². The fourth-order valence-electron chi connectivity index (χ4n) is 4.20. The Morgan fingerprint density at radius 2 is 1.55 bits per heavy atom. The molecule has 0 aliphatic carbocycles. The number of halogens is 1. The van der Waals surface area contributed by atoms with E-state index < -0.39 is 40.2 Å². The number of nitrogens with one attached hydrogen (secondary N) is 1. The molecule has 0 fully saturated rings. The fourth-order valence-corrected chi connectivity index (χ4v) is 5.67. The third-order valence-corrected chi connectivity index (χ3v) is 8.76. The summed E-state index contributed by atoms with van der Waals surface area (Å²) in [6, 6.07) is 16.7. The number of hydrogen-bond donors (Lipinski definition) is 1. The van der Waals surface area contributed by atoms with Gasteiger partial charge >= 0.3 is 0 Å². The van der Waals surface area contributed by atoms with Gasteiger partial charge in [0.2, 0.25) is 11.8 Å². The van der Waals surface area contributed by atoms with Crippen LogP contribution in [0.15, 0.2) is 71.6 Å². The topological polar surface area (TPSA) is 86.8 Å². The SMILES string of the molecule is CC[C@@H](C)NC(=O)[C@H](C)N(Cc1ccccc1F)C(=O)CN(c1cc(C)ccc1C)S(=O)(=O)c1ccc(C)cc1. The lowest BCUT2D eigenvalue weighted by Crippen LogP contribution is -2.52. The summed E-state index contributed by atoms with van der Waals surface area (Å²) in [5, 5.41) is 2.87. The Morgan fingerprint density at radius 3 is 2.17 bits per heavy atom. The lowest BCUT2D eigenvalue weighted by atomic mass is 10.1. The number of carbonyl (C=O) groups is 2. The molecule has 0 bridgehead atoms. The zero-order chi connectivity index (χ0) is 29.6. The van der Waals surface area contributed by atoms with E-state index in [0.717, 1.165) is 15.4 Å². The van der Waals surface area contributed by atoms with Gasteiger partial charge in [-0.1, -0.05) is 55.0 Å². The van der Waals surface area contributed by atoms with Gasteiger partial charge in [0.15, 0.2) is 0 Å².